The Balaban J connectivity index is 1.54. The van der Waals surface area contributed by atoms with Gasteiger partial charge in [0.05, 0.1) is 17.6 Å². The van der Waals surface area contributed by atoms with Crippen LogP contribution in [0.4, 0.5) is 0 Å². The first-order valence-electron chi connectivity index (χ1n) is 15.3. The molecular formula is C31H41ClN2O11. The number of hydrogen-bond donors (Lipinski definition) is 2. The Kier molecular flexibility index (Phi) is 9.84. The lowest BCUT2D eigenvalue weighted by molar-refractivity contribution is -0.757. The molecular weight excluding hydrogens is 612 g/mol. The quantitative estimate of drug-likeness (QED) is 0.0788. The van der Waals surface area contributed by atoms with Crippen molar-refractivity contribution in [2.75, 3.05) is 19.8 Å². The summed E-state index contributed by atoms with van der Waals surface area (Å²) in [6.45, 7) is 5.63. The third-order valence-electron chi connectivity index (χ3n) is 10.7. The van der Waals surface area contributed by atoms with Crippen LogP contribution in [-0.4, -0.2) is 75.9 Å². The van der Waals surface area contributed by atoms with Gasteiger partial charge in [0.25, 0.3) is 5.09 Å². The summed E-state index contributed by atoms with van der Waals surface area (Å²) >= 11 is 7.50. The summed E-state index contributed by atoms with van der Waals surface area (Å²) in [5.41, 5.74) is -2.74. The van der Waals surface area contributed by atoms with E-state index in [1.807, 2.05) is 26.8 Å². The SMILES string of the molecule is CCC(=O)O[C@]1(C(=O)COC(=O)CNC(=O)CCCO[N+](=O)[O-])[C@@H](C)C[C@H]2[C@@H]3CC=C4CC(=O)C=C[C@]4(C)[C@@]3(Cl)[C@@H](O)C[C@@]21C. The first kappa shape index (κ1) is 34.6. The smallest absolute Gasteiger partial charge is 0.325 e. The van der Waals surface area contributed by atoms with Gasteiger partial charge in [-0.3, -0.25) is 24.0 Å². The van der Waals surface area contributed by atoms with Gasteiger partial charge in [-0.2, -0.15) is 0 Å². The third-order valence-corrected chi connectivity index (χ3v) is 11.6. The fourth-order valence-electron chi connectivity index (χ4n) is 8.49. The molecule has 0 radical (unpaired) electrons. The van der Waals surface area contributed by atoms with Crippen molar-refractivity contribution in [2.45, 2.75) is 89.2 Å². The number of hydrogen-bond acceptors (Lipinski definition) is 11. The van der Waals surface area contributed by atoms with Gasteiger partial charge in [-0.1, -0.05) is 45.4 Å². The lowest BCUT2D eigenvalue weighted by atomic mass is 9.46. The van der Waals surface area contributed by atoms with Crippen molar-refractivity contribution in [3.8, 4) is 0 Å². The Hall–Kier alpha value is -3.32. The molecule has 14 heteroatoms. The third kappa shape index (κ3) is 5.77. The Labute approximate surface area is 266 Å². The first-order chi connectivity index (χ1) is 21.1. The molecule has 2 fully saturated rings. The van der Waals surface area contributed by atoms with E-state index in [0.29, 0.717) is 12.8 Å². The van der Waals surface area contributed by atoms with Crippen LogP contribution >= 0.6 is 11.6 Å². The standard InChI is InChI=1S/C31H41ClN2O11/c1-5-26(39)45-31(24(37)17-43-27(40)16-33-25(38)7-6-12-44-34(41)42)18(2)13-22-21-9-8-19-14-20(35)10-11-28(19,3)30(21,32)23(36)15-29(22,31)4/h8,10-11,18,21-23,36H,5-7,9,12-17H2,1-4H3,(H,33,38)/t18-,21-,22-,23-,28-,29-,30-,31-/m0/s1. The van der Waals surface area contributed by atoms with E-state index >= 15 is 0 Å². The molecule has 0 heterocycles. The van der Waals surface area contributed by atoms with Crippen molar-refractivity contribution in [1.82, 2.24) is 5.32 Å². The highest BCUT2D eigenvalue weighted by Crippen LogP contribution is 2.71. The molecule has 0 unspecified atom stereocenters. The van der Waals surface area contributed by atoms with Crippen molar-refractivity contribution in [3.63, 3.8) is 0 Å². The fraction of sp³-hybridized carbons (Fsp3) is 0.710. The number of ether oxygens (including phenoxy) is 2. The number of carbonyl (C=O) groups excluding carboxylic acids is 5. The maximum atomic E-state index is 14.1. The van der Waals surface area contributed by atoms with E-state index in [1.165, 1.54) is 6.08 Å². The van der Waals surface area contributed by atoms with Crippen LogP contribution in [0.25, 0.3) is 0 Å². The lowest BCUT2D eigenvalue weighted by Crippen LogP contribution is -2.69. The molecule has 2 N–H and O–H groups in total. The van der Waals surface area contributed by atoms with Crippen molar-refractivity contribution in [3.05, 3.63) is 33.9 Å². The average Bonchev–Trinajstić information content (AvgIpc) is 3.20. The Morgan fingerprint density at radius 2 is 1.91 bits per heavy atom. The van der Waals surface area contributed by atoms with Gasteiger partial charge in [0.15, 0.2) is 18.0 Å². The number of amides is 1. The predicted octanol–water partition coefficient (Wildman–Crippen LogP) is 2.78. The molecule has 45 heavy (non-hydrogen) atoms. The average molecular weight is 653 g/mol. The van der Waals surface area contributed by atoms with Gasteiger partial charge in [-0.25, -0.2) is 0 Å². The fourth-order valence-corrected chi connectivity index (χ4v) is 8.99. The molecule has 0 saturated heterocycles. The Morgan fingerprint density at radius 3 is 2.58 bits per heavy atom. The lowest BCUT2D eigenvalue weighted by Gasteiger charge is -2.63. The molecule has 0 spiro atoms. The van der Waals surface area contributed by atoms with E-state index in [1.54, 1.807) is 13.0 Å². The molecule has 0 bridgehead atoms. The number of Topliss-reactive ketones (excluding diaryl/α,β-unsaturated/α-hetero) is 1. The summed E-state index contributed by atoms with van der Waals surface area (Å²) in [5, 5.41) is 23.4. The first-order valence-corrected chi connectivity index (χ1v) is 15.7. The van der Waals surface area contributed by atoms with Crippen LogP contribution in [-0.2, 0) is 38.3 Å². The maximum absolute atomic E-state index is 14.1. The van der Waals surface area contributed by atoms with Gasteiger partial charge in [0.1, 0.15) is 6.54 Å². The van der Waals surface area contributed by atoms with Crippen LogP contribution in [0.3, 0.4) is 0 Å². The number of esters is 2. The van der Waals surface area contributed by atoms with Gasteiger partial charge in [0.2, 0.25) is 11.7 Å². The largest absolute Gasteiger partial charge is 0.456 e. The molecule has 2 saturated carbocycles. The normalized spacial score (nSPS) is 36.5. The molecule has 0 aromatic rings. The van der Waals surface area contributed by atoms with Crippen molar-refractivity contribution in [1.29, 1.82) is 0 Å². The van der Waals surface area contributed by atoms with E-state index in [9.17, 15) is 39.2 Å². The van der Waals surface area contributed by atoms with Crippen LogP contribution in [0.2, 0.25) is 0 Å². The van der Waals surface area contributed by atoms with Gasteiger partial charge in [-0.15, -0.1) is 21.7 Å². The molecule has 248 valence electrons. The van der Waals surface area contributed by atoms with Crippen LogP contribution in [0.5, 0.6) is 0 Å². The Morgan fingerprint density at radius 1 is 1.20 bits per heavy atom. The number of halogens is 1. The minimum Gasteiger partial charge on any atom is -0.456 e. The zero-order valence-corrected chi connectivity index (χ0v) is 26.7. The highest BCUT2D eigenvalue weighted by atomic mass is 35.5. The van der Waals surface area contributed by atoms with Gasteiger partial charge in [-0.05, 0) is 43.6 Å². The highest BCUT2D eigenvalue weighted by molar-refractivity contribution is 6.26. The van der Waals surface area contributed by atoms with Gasteiger partial charge in [0, 0.05) is 36.0 Å². The summed E-state index contributed by atoms with van der Waals surface area (Å²) in [5.74, 6) is -3.84. The number of nitrogens with one attached hydrogen (secondary N) is 1. The topological polar surface area (TPSA) is 188 Å². The van der Waals surface area contributed by atoms with Crippen LogP contribution in [0.1, 0.15) is 72.6 Å². The zero-order valence-electron chi connectivity index (χ0n) is 26.0. The van der Waals surface area contributed by atoms with Crippen LogP contribution in [0.15, 0.2) is 23.8 Å². The molecule has 8 atom stereocenters. The molecule has 0 aromatic carbocycles. The number of ketones is 2. The molecule has 4 aliphatic rings. The zero-order chi connectivity index (χ0) is 33.4. The summed E-state index contributed by atoms with van der Waals surface area (Å²) in [4.78, 5) is 76.9. The second-order valence-electron chi connectivity index (χ2n) is 13.0. The van der Waals surface area contributed by atoms with Crippen molar-refractivity contribution >= 4 is 41.0 Å². The van der Waals surface area contributed by atoms with E-state index in [-0.39, 0.29) is 56.3 Å². The Bertz CT molecular complexity index is 1330. The van der Waals surface area contributed by atoms with Gasteiger partial charge < -0.3 is 24.7 Å². The van der Waals surface area contributed by atoms with Gasteiger partial charge >= 0.3 is 11.9 Å². The minimum atomic E-state index is -1.73. The summed E-state index contributed by atoms with van der Waals surface area (Å²) < 4.78 is 11.3. The molecule has 4 aliphatic carbocycles. The minimum absolute atomic E-state index is 0.00453. The monoisotopic (exact) mass is 652 g/mol. The number of carbonyl (C=O) groups is 5. The summed E-state index contributed by atoms with van der Waals surface area (Å²) in [6.07, 6.45) is 5.28. The van der Waals surface area contributed by atoms with E-state index in [0.717, 1.165) is 5.57 Å². The van der Waals surface area contributed by atoms with E-state index in [4.69, 9.17) is 21.1 Å². The summed E-state index contributed by atoms with van der Waals surface area (Å²) in [7, 11) is 0. The highest BCUT2D eigenvalue weighted by Gasteiger charge is 2.76. The van der Waals surface area contributed by atoms with E-state index in [2.05, 4.69) is 10.2 Å². The van der Waals surface area contributed by atoms with Crippen molar-refractivity contribution < 1.29 is 48.5 Å². The second kappa shape index (κ2) is 12.8. The predicted molar refractivity (Wildman–Crippen MR) is 158 cm³/mol. The summed E-state index contributed by atoms with van der Waals surface area (Å²) in [6, 6.07) is 0. The number of allylic oxidation sites excluding steroid dienone is 4. The molecule has 0 aromatic heterocycles. The molecule has 4 rings (SSSR count). The van der Waals surface area contributed by atoms with Crippen molar-refractivity contribution in [2.24, 2.45) is 28.6 Å². The second-order valence-corrected chi connectivity index (χ2v) is 13.6. The maximum Gasteiger partial charge on any atom is 0.325 e. The number of nitrogens with zero attached hydrogens (tertiary/aromatic N) is 1. The van der Waals surface area contributed by atoms with E-state index < -0.39 is 75.2 Å². The number of fused-ring (bicyclic) bond motifs is 5. The molecule has 13 nitrogen and oxygen atoms in total. The molecule has 1 amide bonds. The van der Waals surface area contributed by atoms with Crippen LogP contribution in [0, 0.1) is 38.7 Å². The van der Waals surface area contributed by atoms with Crippen LogP contribution < -0.4 is 5.32 Å². The number of rotatable bonds is 12. The number of aliphatic hydroxyl groups excluding tert-OH is 1. The number of aliphatic hydroxyl groups is 1. The molecule has 0 aliphatic heterocycles. The number of alkyl halides is 1.